The van der Waals surface area contributed by atoms with Crippen molar-refractivity contribution in [2.24, 2.45) is 0 Å². The van der Waals surface area contributed by atoms with Crippen LogP contribution in [0.15, 0.2) is 40.8 Å². The molecule has 0 spiro atoms. The second kappa shape index (κ2) is 7.15. The Hall–Kier alpha value is -1.74. The molecular formula is C17H23NO2. The van der Waals surface area contributed by atoms with Crippen LogP contribution in [0.2, 0.25) is 0 Å². The molecule has 1 aromatic heterocycles. The molecule has 1 N–H and O–H groups in total. The molecule has 0 radical (unpaired) electrons. The Balaban J connectivity index is 2.21. The molecule has 108 valence electrons. The summed E-state index contributed by atoms with van der Waals surface area (Å²) in [6, 6.07) is 12.3. The van der Waals surface area contributed by atoms with E-state index in [0.29, 0.717) is 6.61 Å². The van der Waals surface area contributed by atoms with Crippen molar-refractivity contribution < 1.29 is 9.15 Å². The smallest absolute Gasteiger partial charge is 0.125 e. The van der Waals surface area contributed by atoms with Crippen LogP contribution in [0.25, 0.3) is 0 Å². The zero-order valence-electron chi connectivity index (χ0n) is 12.5. The monoisotopic (exact) mass is 273 g/mol. The molecule has 1 unspecified atom stereocenters. The standard InChI is InChI=1S/C17H23NO2/c1-4-12-18-17(16-11-6-13(3)20-16)14-7-9-15(10-8-14)19-5-2/h6-11,17-18H,4-5,12H2,1-3H3. The lowest BCUT2D eigenvalue weighted by molar-refractivity contribution is 0.340. The van der Waals surface area contributed by atoms with E-state index in [0.717, 1.165) is 30.2 Å². The van der Waals surface area contributed by atoms with Gasteiger partial charge in [0.1, 0.15) is 17.3 Å². The minimum absolute atomic E-state index is 0.0966. The van der Waals surface area contributed by atoms with Gasteiger partial charge < -0.3 is 14.5 Å². The summed E-state index contributed by atoms with van der Waals surface area (Å²) in [7, 11) is 0. The summed E-state index contributed by atoms with van der Waals surface area (Å²) in [4.78, 5) is 0. The SMILES string of the molecule is CCCNC(c1ccc(OCC)cc1)c1ccc(C)o1. The number of benzene rings is 1. The second-order valence-corrected chi connectivity index (χ2v) is 4.84. The molecule has 20 heavy (non-hydrogen) atoms. The summed E-state index contributed by atoms with van der Waals surface area (Å²) in [5.41, 5.74) is 1.19. The quantitative estimate of drug-likeness (QED) is 0.825. The van der Waals surface area contributed by atoms with Crippen molar-refractivity contribution >= 4 is 0 Å². The van der Waals surface area contributed by atoms with Crippen LogP contribution in [-0.2, 0) is 0 Å². The molecule has 2 rings (SSSR count). The van der Waals surface area contributed by atoms with Crippen molar-refractivity contribution in [3.05, 3.63) is 53.5 Å². The molecule has 0 bridgehead atoms. The molecule has 3 nitrogen and oxygen atoms in total. The van der Waals surface area contributed by atoms with E-state index in [4.69, 9.17) is 9.15 Å². The molecule has 1 atom stereocenters. The van der Waals surface area contributed by atoms with E-state index in [1.807, 2.05) is 38.1 Å². The molecule has 0 aliphatic rings. The van der Waals surface area contributed by atoms with Gasteiger partial charge in [0.25, 0.3) is 0 Å². The minimum atomic E-state index is 0.0966. The van der Waals surface area contributed by atoms with Crippen molar-refractivity contribution in [3.8, 4) is 5.75 Å². The zero-order valence-corrected chi connectivity index (χ0v) is 12.5. The van der Waals surface area contributed by atoms with Crippen molar-refractivity contribution in [1.82, 2.24) is 5.32 Å². The van der Waals surface area contributed by atoms with E-state index in [9.17, 15) is 0 Å². The molecular weight excluding hydrogens is 250 g/mol. The van der Waals surface area contributed by atoms with Crippen LogP contribution in [0.1, 0.15) is 43.4 Å². The Bertz CT molecular complexity index is 516. The van der Waals surface area contributed by atoms with E-state index in [2.05, 4.69) is 24.4 Å². The fraction of sp³-hybridized carbons (Fsp3) is 0.412. The van der Waals surface area contributed by atoms with Crippen LogP contribution < -0.4 is 10.1 Å². The average Bonchev–Trinajstić information content (AvgIpc) is 2.88. The van der Waals surface area contributed by atoms with Crippen molar-refractivity contribution in [2.45, 2.75) is 33.2 Å². The van der Waals surface area contributed by atoms with Crippen LogP contribution in [-0.4, -0.2) is 13.2 Å². The molecule has 0 saturated heterocycles. The summed E-state index contributed by atoms with van der Waals surface area (Å²) < 4.78 is 11.3. The molecule has 0 saturated carbocycles. The predicted octanol–water partition coefficient (Wildman–Crippen LogP) is 4.08. The molecule has 2 aromatic rings. The zero-order chi connectivity index (χ0) is 14.4. The molecule has 1 aromatic carbocycles. The maximum absolute atomic E-state index is 5.78. The maximum Gasteiger partial charge on any atom is 0.125 e. The molecule has 0 aliphatic heterocycles. The van der Waals surface area contributed by atoms with Gasteiger partial charge in [0.05, 0.1) is 12.6 Å². The first-order chi connectivity index (χ1) is 9.74. The first-order valence-electron chi connectivity index (χ1n) is 7.27. The summed E-state index contributed by atoms with van der Waals surface area (Å²) in [5, 5.41) is 3.53. The Morgan fingerprint density at radius 2 is 1.85 bits per heavy atom. The number of furan rings is 1. The third kappa shape index (κ3) is 3.64. The van der Waals surface area contributed by atoms with E-state index < -0.39 is 0 Å². The predicted molar refractivity (Wildman–Crippen MR) is 81.2 cm³/mol. The normalized spacial score (nSPS) is 12.3. The first kappa shape index (κ1) is 14.7. The van der Waals surface area contributed by atoms with E-state index >= 15 is 0 Å². The third-order valence-electron chi connectivity index (χ3n) is 3.17. The van der Waals surface area contributed by atoms with Gasteiger partial charge in [-0.25, -0.2) is 0 Å². The van der Waals surface area contributed by atoms with Gasteiger partial charge in [0.15, 0.2) is 0 Å². The van der Waals surface area contributed by atoms with Crippen LogP contribution in [0.3, 0.4) is 0 Å². The topological polar surface area (TPSA) is 34.4 Å². The second-order valence-electron chi connectivity index (χ2n) is 4.84. The molecule has 0 aliphatic carbocycles. The van der Waals surface area contributed by atoms with Crippen LogP contribution in [0, 0.1) is 6.92 Å². The first-order valence-corrected chi connectivity index (χ1v) is 7.27. The average molecular weight is 273 g/mol. The summed E-state index contributed by atoms with van der Waals surface area (Å²) in [5.74, 6) is 2.80. The van der Waals surface area contributed by atoms with Crippen molar-refractivity contribution in [2.75, 3.05) is 13.2 Å². The molecule has 1 heterocycles. The fourth-order valence-corrected chi connectivity index (χ4v) is 2.20. The Labute approximate surface area is 121 Å². The highest BCUT2D eigenvalue weighted by molar-refractivity contribution is 5.33. The molecule has 0 amide bonds. The van der Waals surface area contributed by atoms with Gasteiger partial charge in [0.2, 0.25) is 0 Å². The third-order valence-corrected chi connectivity index (χ3v) is 3.17. The Kier molecular flexibility index (Phi) is 5.24. The van der Waals surface area contributed by atoms with Crippen LogP contribution in [0.4, 0.5) is 0 Å². The highest BCUT2D eigenvalue weighted by Gasteiger charge is 2.16. The number of hydrogen-bond donors (Lipinski definition) is 1. The molecule has 3 heteroatoms. The number of ether oxygens (including phenoxy) is 1. The largest absolute Gasteiger partial charge is 0.494 e. The van der Waals surface area contributed by atoms with Crippen LogP contribution >= 0.6 is 0 Å². The summed E-state index contributed by atoms with van der Waals surface area (Å²) >= 11 is 0. The van der Waals surface area contributed by atoms with Gasteiger partial charge in [-0.3, -0.25) is 0 Å². The fourth-order valence-electron chi connectivity index (χ4n) is 2.20. The van der Waals surface area contributed by atoms with Gasteiger partial charge in [0, 0.05) is 0 Å². The lowest BCUT2D eigenvalue weighted by Crippen LogP contribution is -2.22. The van der Waals surface area contributed by atoms with Gasteiger partial charge >= 0.3 is 0 Å². The summed E-state index contributed by atoms with van der Waals surface area (Å²) in [6.07, 6.45) is 1.09. The summed E-state index contributed by atoms with van der Waals surface area (Å²) in [6.45, 7) is 7.77. The highest BCUT2D eigenvalue weighted by Crippen LogP contribution is 2.25. The highest BCUT2D eigenvalue weighted by atomic mass is 16.5. The van der Waals surface area contributed by atoms with Crippen molar-refractivity contribution in [1.29, 1.82) is 0 Å². The van der Waals surface area contributed by atoms with Gasteiger partial charge in [-0.15, -0.1) is 0 Å². The Morgan fingerprint density at radius 1 is 1.10 bits per heavy atom. The van der Waals surface area contributed by atoms with E-state index in [-0.39, 0.29) is 6.04 Å². The van der Waals surface area contributed by atoms with E-state index in [1.165, 1.54) is 5.56 Å². The van der Waals surface area contributed by atoms with Gasteiger partial charge in [-0.05, 0) is 56.6 Å². The number of rotatable bonds is 7. The molecule has 0 fully saturated rings. The van der Waals surface area contributed by atoms with Crippen molar-refractivity contribution in [3.63, 3.8) is 0 Å². The number of hydrogen-bond acceptors (Lipinski definition) is 3. The lowest BCUT2D eigenvalue weighted by atomic mass is 10.0. The van der Waals surface area contributed by atoms with Gasteiger partial charge in [-0.1, -0.05) is 19.1 Å². The maximum atomic E-state index is 5.78. The number of aryl methyl sites for hydroxylation is 1. The minimum Gasteiger partial charge on any atom is -0.494 e. The van der Waals surface area contributed by atoms with Gasteiger partial charge in [-0.2, -0.15) is 0 Å². The lowest BCUT2D eigenvalue weighted by Gasteiger charge is -2.17. The van der Waals surface area contributed by atoms with E-state index in [1.54, 1.807) is 0 Å². The van der Waals surface area contributed by atoms with Crippen LogP contribution in [0.5, 0.6) is 5.75 Å². The Morgan fingerprint density at radius 3 is 2.40 bits per heavy atom. The number of nitrogens with one attached hydrogen (secondary N) is 1.